The van der Waals surface area contributed by atoms with E-state index in [0.29, 0.717) is 12.1 Å². The summed E-state index contributed by atoms with van der Waals surface area (Å²) in [6.07, 6.45) is 1.96. The number of nitrogens with one attached hydrogen (secondary N) is 1. The van der Waals surface area contributed by atoms with Crippen molar-refractivity contribution in [2.45, 2.75) is 0 Å². The monoisotopic (exact) mass is 168 g/mol. The van der Waals surface area contributed by atoms with Crippen LogP contribution in [-0.2, 0) is 11.8 Å². The number of aromatic nitrogens is 2. The molecule has 0 atom stereocenters. The number of nitrogens with two attached hydrogens (primary N) is 1. The lowest BCUT2D eigenvalue weighted by atomic mass is 10.3. The summed E-state index contributed by atoms with van der Waals surface area (Å²) in [4.78, 5) is 20.8. The van der Waals surface area contributed by atoms with Crippen LogP contribution in [0.15, 0.2) is 6.20 Å². The summed E-state index contributed by atoms with van der Waals surface area (Å²) in [5.74, 6) is -0.667. The van der Waals surface area contributed by atoms with Crippen LogP contribution in [0, 0.1) is 0 Å². The van der Waals surface area contributed by atoms with E-state index in [4.69, 9.17) is 5.73 Å². The highest BCUT2D eigenvalue weighted by Gasteiger charge is 2.11. The molecule has 0 radical (unpaired) electrons. The highest BCUT2D eigenvalue weighted by molar-refractivity contribution is 5.98. The lowest BCUT2D eigenvalue weighted by Crippen LogP contribution is -2.14. The lowest BCUT2D eigenvalue weighted by molar-refractivity contribution is -0.105. The second-order valence-electron chi connectivity index (χ2n) is 2.19. The predicted molar refractivity (Wildman–Crippen MR) is 41.4 cm³/mol. The molecule has 0 aromatic carbocycles. The maximum absolute atomic E-state index is 10.7. The molecule has 1 heterocycles. The van der Waals surface area contributed by atoms with Crippen molar-refractivity contribution in [3.8, 4) is 0 Å². The van der Waals surface area contributed by atoms with Gasteiger partial charge in [-0.15, -0.1) is 0 Å². The van der Waals surface area contributed by atoms with Crippen molar-refractivity contribution in [3.05, 3.63) is 11.9 Å². The normalized spacial score (nSPS) is 9.42. The van der Waals surface area contributed by atoms with Gasteiger partial charge in [-0.3, -0.25) is 14.3 Å². The van der Waals surface area contributed by atoms with Crippen molar-refractivity contribution < 1.29 is 9.59 Å². The predicted octanol–water partition coefficient (Wildman–Crippen LogP) is -0.913. The molecular weight excluding hydrogens is 160 g/mol. The van der Waals surface area contributed by atoms with Gasteiger partial charge in [0.1, 0.15) is 0 Å². The average Bonchev–Trinajstić information content (AvgIpc) is 2.32. The zero-order valence-corrected chi connectivity index (χ0v) is 6.44. The van der Waals surface area contributed by atoms with E-state index in [1.807, 2.05) is 0 Å². The van der Waals surface area contributed by atoms with Crippen LogP contribution >= 0.6 is 0 Å². The molecule has 0 aliphatic carbocycles. The van der Waals surface area contributed by atoms with Crippen molar-refractivity contribution in [1.82, 2.24) is 9.78 Å². The topological polar surface area (TPSA) is 90.0 Å². The molecule has 12 heavy (non-hydrogen) atoms. The molecule has 1 aromatic rings. The Kier molecular flexibility index (Phi) is 2.09. The van der Waals surface area contributed by atoms with Crippen LogP contribution in [-0.4, -0.2) is 22.1 Å². The van der Waals surface area contributed by atoms with Gasteiger partial charge in [-0.2, -0.15) is 5.10 Å². The van der Waals surface area contributed by atoms with Gasteiger partial charge in [-0.05, 0) is 0 Å². The highest BCUT2D eigenvalue weighted by atomic mass is 16.1. The number of carbonyl (C=O) groups excluding carboxylic acids is 2. The summed E-state index contributed by atoms with van der Waals surface area (Å²) in [6.45, 7) is 0. The highest BCUT2D eigenvalue weighted by Crippen LogP contribution is 2.10. The molecule has 0 fully saturated rings. The Balaban J connectivity index is 3.07. The van der Waals surface area contributed by atoms with Crippen molar-refractivity contribution in [3.63, 3.8) is 0 Å². The third-order valence-corrected chi connectivity index (χ3v) is 1.28. The number of aryl methyl sites for hydroxylation is 1. The largest absolute Gasteiger partial charge is 0.364 e. The summed E-state index contributed by atoms with van der Waals surface area (Å²) >= 11 is 0. The number of hydrogen-bond donors (Lipinski definition) is 2. The molecule has 0 aliphatic heterocycles. The molecule has 64 valence electrons. The molecule has 0 saturated carbocycles. The zero-order valence-electron chi connectivity index (χ0n) is 6.44. The van der Waals surface area contributed by atoms with Gasteiger partial charge >= 0.3 is 0 Å². The van der Waals surface area contributed by atoms with Gasteiger partial charge in [0.25, 0.3) is 5.91 Å². The van der Waals surface area contributed by atoms with Crippen LogP contribution in [0.1, 0.15) is 10.5 Å². The van der Waals surface area contributed by atoms with Gasteiger partial charge in [-0.1, -0.05) is 0 Å². The van der Waals surface area contributed by atoms with E-state index in [1.165, 1.54) is 10.9 Å². The molecule has 0 bridgehead atoms. The fourth-order valence-corrected chi connectivity index (χ4v) is 0.840. The molecular formula is C6H8N4O2. The second-order valence-corrected chi connectivity index (χ2v) is 2.19. The number of carbonyl (C=O) groups is 2. The number of anilines is 1. The first-order chi connectivity index (χ1) is 5.65. The van der Waals surface area contributed by atoms with E-state index in [0.717, 1.165) is 0 Å². The molecule has 3 N–H and O–H groups in total. The van der Waals surface area contributed by atoms with Crippen molar-refractivity contribution in [2.75, 3.05) is 5.32 Å². The minimum atomic E-state index is -0.667. The van der Waals surface area contributed by atoms with Crippen molar-refractivity contribution in [2.24, 2.45) is 12.8 Å². The van der Waals surface area contributed by atoms with E-state index in [-0.39, 0.29) is 5.69 Å². The smallest absolute Gasteiger partial charge is 0.271 e. The van der Waals surface area contributed by atoms with Crippen LogP contribution in [0.3, 0.4) is 0 Å². The molecule has 1 rings (SSSR count). The number of nitrogens with zero attached hydrogens (tertiary/aromatic N) is 2. The maximum Gasteiger partial charge on any atom is 0.271 e. The first kappa shape index (κ1) is 8.25. The van der Waals surface area contributed by atoms with Crippen LogP contribution in [0.5, 0.6) is 0 Å². The molecule has 2 amide bonds. The quantitative estimate of drug-likeness (QED) is 0.572. The Morgan fingerprint density at radius 1 is 1.83 bits per heavy atom. The van der Waals surface area contributed by atoms with Crippen LogP contribution in [0.4, 0.5) is 5.69 Å². The number of hydrogen-bond acceptors (Lipinski definition) is 3. The van der Waals surface area contributed by atoms with Gasteiger partial charge < -0.3 is 11.1 Å². The number of rotatable bonds is 3. The summed E-state index contributed by atoms with van der Waals surface area (Å²) in [5, 5.41) is 6.06. The minimum Gasteiger partial charge on any atom is -0.364 e. The Bertz CT molecular complexity index is 317. The molecule has 0 unspecified atom stereocenters. The molecule has 0 aliphatic rings. The zero-order chi connectivity index (χ0) is 9.14. The Morgan fingerprint density at radius 2 is 2.50 bits per heavy atom. The van der Waals surface area contributed by atoms with E-state index in [1.54, 1.807) is 7.05 Å². The summed E-state index contributed by atoms with van der Waals surface area (Å²) in [5.41, 5.74) is 5.37. The Labute approximate surface area is 68.3 Å². The fourth-order valence-electron chi connectivity index (χ4n) is 0.840. The number of amides is 2. The van der Waals surface area contributed by atoms with Crippen LogP contribution in [0.2, 0.25) is 0 Å². The van der Waals surface area contributed by atoms with Gasteiger partial charge in [0.15, 0.2) is 5.69 Å². The molecule has 0 spiro atoms. The van der Waals surface area contributed by atoms with Gasteiger partial charge in [0, 0.05) is 13.2 Å². The van der Waals surface area contributed by atoms with Gasteiger partial charge in [0.05, 0.1) is 5.69 Å². The number of primary amides is 1. The molecule has 6 heteroatoms. The van der Waals surface area contributed by atoms with Gasteiger partial charge in [-0.25, -0.2) is 0 Å². The van der Waals surface area contributed by atoms with E-state index in [2.05, 4.69) is 10.4 Å². The average molecular weight is 168 g/mol. The Hall–Kier alpha value is -1.85. The molecule has 1 aromatic heterocycles. The van der Waals surface area contributed by atoms with E-state index >= 15 is 0 Å². The third-order valence-electron chi connectivity index (χ3n) is 1.28. The van der Waals surface area contributed by atoms with Crippen LogP contribution in [0.25, 0.3) is 0 Å². The minimum absolute atomic E-state index is 0.0598. The first-order valence-electron chi connectivity index (χ1n) is 3.18. The maximum atomic E-state index is 10.7. The second kappa shape index (κ2) is 3.04. The van der Waals surface area contributed by atoms with Crippen LogP contribution < -0.4 is 11.1 Å². The summed E-state index contributed by atoms with van der Waals surface area (Å²) in [6, 6.07) is 0. The summed E-state index contributed by atoms with van der Waals surface area (Å²) < 4.78 is 1.39. The molecule has 6 nitrogen and oxygen atoms in total. The third kappa shape index (κ3) is 1.42. The summed E-state index contributed by atoms with van der Waals surface area (Å²) in [7, 11) is 1.63. The Morgan fingerprint density at radius 3 is 3.00 bits per heavy atom. The van der Waals surface area contributed by atoms with Gasteiger partial charge in [0.2, 0.25) is 6.41 Å². The lowest BCUT2D eigenvalue weighted by Gasteiger charge is -1.92. The first-order valence-corrected chi connectivity index (χ1v) is 3.18. The van der Waals surface area contributed by atoms with Crippen molar-refractivity contribution >= 4 is 18.0 Å². The van der Waals surface area contributed by atoms with Crippen molar-refractivity contribution in [1.29, 1.82) is 0 Å². The standard InChI is InChI=1S/C6H8N4O2/c1-10-2-4(8-3-11)5(9-10)6(7)12/h2-3H,1H3,(H2,7,12)(H,8,11). The van der Waals surface area contributed by atoms with E-state index in [9.17, 15) is 9.59 Å². The van der Waals surface area contributed by atoms with E-state index < -0.39 is 5.91 Å². The SMILES string of the molecule is Cn1cc(NC=O)c(C(N)=O)n1. The fraction of sp³-hybridized carbons (Fsp3) is 0.167. The molecule has 0 saturated heterocycles.